The molecule has 2 rings (SSSR count). The van der Waals surface area contributed by atoms with Gasteiger partial charge in [0, 0.05) is 19.6 Å². The van der Waals surface area contributed by atoms with Gasteiger partial charge in [0.05, 0.1) is 0 Å². The van der Waals surface area contributed by atoms with Crippen molar-refractivity contribution in [2.24, 2.45) is 5.73 Å². The minimum absolute atomic E-state index is 0.370. The number of benzene rings is 1. The Balaban J connectivity index is 1.97. The zero-order valence-corrected chi connectivity index (χ0v) is 10.8. The van der Waals surface area contributed by atoms with E-state index in [1.165, 1.54) is 11.1 Å². The predicted octanol–water partition coefficient (Wildman–Crippen LogP) is 1.93. The maximum absolute atomic E-state index is 6.02. The van der Waals surface area contributed by atoms with Crippen LogP contribution in [0.2, 0.25) is 0 Å². The molecule has 3 heteroatoms. The van der Waals surface area contributed by atoms with Crippen molar-refractivity contribution in [2.45, 2.75) is 32.4 Å². The van der Waals surface area contributed by atoms with E-state index in [0.717, 1.165) is 31.7 Å². The van der Waals surface area contributed by atoms with Crippen molar-refractivity contribution in [1.29, 1.82) is 0 Å². The van der Waals surface area contributed by atoms with Crippen molar-refractivity contribution in [3.05, 3.63) is 29.3 Å². The van der Waals surface area contributed by atoms with Crippen LogP contribution in [0.3, 0.4) is 0 Å². The molecule has 0 amide bonds. The van der Waals surface area contributed by atoms with E-state index in [-0.39, 0.29) is 0 Å². The van der Waals surface area contributed by atoms with Crippen LogP contribution in [0.4, 0.5) is 0 Å². The van der Waals surface area contributed by atoms with E-state index in [1.54, 1.807) is 0 Å². The Kier molecular flexibility index (Phi) is 4.02. The standard InChI is InChI=1S/C14H22N2O/c1-11-9-14(4-3-12(11)10-15)17-13-5-7-16(2)8-6-13/h3-4,9,13H,5-8,10,15H2,1-2H3. The lowest BCUT2D eigenvalue weighted by Gasteiger charge is -2.29. The smallest absolute Gasteiger partial charge is 0.120 e. The normalized spacial score (nSPS) is 18.3. The highest BCUT2D eigenvalue weighted by molar-refractivity contribution is 5.34. The molecule has 94 valence electrons. The van der Waals surface area contributed by atoms with Crippen molar-refractivity contribution in [3.63, 3.8) is 0 Å². The molecule has 17 heavy (non-hydrogen) atoms. The molecule has 1 aromatic rings. The van der Waals surface area contributed by atoms with Crippen LogP contribution in [0, 0.1) is 6.92 Å². The molecule has 0 bridgehead atoms. The number of hydrogen-bond donors (Lipinski definition) is 1. The summed E-state index contributed by atoms with van der Waals surface area (Å²) in [5.41, 5.74) is 8.07. The number of piperidine rings is 1. The fourth-order valence-electron chi connectivity index (χ4n) is 2.27. The van der Waals surface area contributed by atoms with Gasteiger partial charge in [-0.05, 0) is 50.1 Å². The van der Waals surface area contributed by atoms with Crippen LogP contribution in [0.25, 0.3) is 0 Å². The second-order valence-electron chi connectivity index (χ2n) is 4.91. The number of nitrogens with zero attached hydrogens (tertiary/aromatic N) is 1. The number of aryl methyl sites for hydroxylation is 1. The lowest BCUT2D eigenvalue weighted by molar-refractivity contribution is 0.114. The van der Waals surface area contributed by atoms with Gasteiger partial charge in [0.1, 0.15) is 11.9 Å². The molecule has 3 nitrogen and oxygen atoms in total. The lowest BCUT2D eigenvalue weighted by atomic mass is 10.1. The van der Waals surface area contributed by atoms with Gasteiger partial charge >= 0.3 is 0 Å². The molecule has 1 fully saturated rings. The highest BCUT2D eigenvalue weighted by atomic mass is 16.5. The van der Waals surface area contributed by atoms with E-state index in [4.69, 9.17) is 10.5 Å². The topological polar surface area (TPSA) is 38.5 Å². The first-order valence-electron chi connectivity index (χ1n) is 6.34. The van der Waals surface area contributed by atoms with Gasteiger partial charge in [0.25, 0.3) is 0 Å². The van der Waals surface area contributed by atoms with E-state index in [0.29, 0.717) is 12.6 Å². The Morgan fingerprint density at radius 3 is 2.65 bits per heavy atom. The van der Waals surface area contributed by atoms with E-state index in [9.17, 15) is 0 Å². The predicted molar refractivity (Wildman–Crippen MR) is 70.2 cm³/mol. The van der Waals surface area contributed by atoms with Crippen LogP contribution in [-0.4, -0.2) is 31.1 Å². The number of hydrogen-bond acceptors (Lipinski definition) is 3. The Labute approximate surface area is 104 Å². The molecular formula is C14H22N2O. The molecule has 0 aromatic heterocycles. The summed E-state index contributed by atoms with van der Waals surface area (Å²) < 4.78 is 6.02. The third-order valence-corrected chi connectivity index (χ3v) is 3.50. The molecule has 1 aliphatic heterocycles. The zero-order valence-electron chi connectivity index (χ0n) is 10.8. The van der Waals surface area contributed by atoms with Crippen LogP contribution >= 0.6 is 0 Å². The number of rotatable bonds is 3. The molecule has 0 atom stereocenters. The minimum atomic E-state index is 0.370. The second kappa shape index (κ2) is 5.52. The summed E-state index contributed by atoms with van der Waals surface area (Å²) in [5, 5.41) is 0. The Morgan fingerprint density at radius 1 is 1.35 bits per heavy atom. The maximum atomic E-state index is 6.02. The summed E-state index contributed by atoms with van der Waals surface area (Å²) >= 11 is 0. The van der Waals surface area contributed by atoms with Gasteiger partial charge in [0.2, 0.25) is 0 Å². The van der Waals surface area contributed by atoms with Crippen molar-refractivity contribution in [3.8, 4) is 5.75 Å². The van der Waals surface area contributed by atoms with E-state index in [2.05, 4.69) is 31.0 Å². The van der Waals surface area contributed by atoms with Gasteiger partial charge in [-0.1, -0.05) is 6.07 Å². The monoisotopic (exact) mass is 234 g/mol. The highest BCUT2D eigenvalue weighted by Crippen LogP contribution is 2.21. The molecule has 1 heterocycles. The molecule has 0 saturated carbocycles. The third-order valence-electron chi connectivity index (χ3n) is 3.50. The molecule has 0 radical (unpaired) electrons. The van der Waals surface area contributed by atoms with Crippen molar-refractivity contribution in [2.75, 3.05) is 20.1 Å². The second-order valence-corrected chi connectivity index (χ2v) is 4.91. The molecule has 1 aliphatic rings. The third kappa shape index (κ3) is 3.20. The molecule has 0 aliphatic carbocycles. The van der Waals surface area contributed by atoms with Crippen molar-refractivity contribution in [1.82, 2.24) is 4.90 Å². The van der Waals surface area contributed by atoms with Crippen LogP contribution in [-0.2, 0) is 6.54 Å². The SMILES string of the molecule is Cc1cc(OC2CCN(C)CC2)ccc1CN. The minimum Gasteiger partial charge on any atom is -0.490 e. The van der Waals surface area contributed by atoms with Gasteiger partial charge in [-0.3, -0.25) is 0 Å². The summed E-state index contributed by atoms with van der Waals surface area (Å²) in [6.07, 6.45) is 2.61. The summed E-state index contributed by atoms with van der Waals surface area (Å²) in [6, 6.07) is 6.20. The van der Waals surface area contributed by atoms with Gasteiger partial charge in [0.15, 0.2) is 0 Å². The van der Waals surface area contributed by atoms with Gasteiger partial charge < -0.3 is 15.4 Å². The van der Waals surface area contributed by atoms with Crippen molar-refractivity contribution >= 4 is 0 Å². The number of nitrogens with two attached hydrogens (primary N) is 1. The summed E-state index contributed by atoms with van der Waals surface area (Å²) in [5.74, 6) is 0.981. The van der Waals surface area contributed by atoms with Crippen LogP contribution in [0.15, 0.2) is 18.2 Å². The fourth-order valence-corrected chi connectivity index (χ4v) is 2.27. The summed E-state index contributed by atoms with van der Waals surface area (Å²) in [4.78, 5) is 2.35. The number of ether oxygens (including phenoxy) is 1. The summed E-state index contributed by atoms with van der Waals surface area (Å²) in [7, 11) is 2.16. The first kappa shape index (κ1) is 12.4. The maximum Gasteiger partial charge on any atom is 0.120 e. The highest BCUT2D eigenvalue weighted by Gasteiger charge is 2.17. The lowest BCUT2D eigenvalue weighted by Crippen LogP contribution is -2.35. The van der Waals surface area contributed by atoms with Gasteiger partial charge in [-0.25, -0.2) is 0 Å². The van der Waals surface area contributed by atoms with E-state index < -0.39 is 0 Å². The Morgan fingerprint density at radius 2 is 2.06 bits per heavy atom. The molecule has 0 spiro atoms. The van der Waals surface area contributed by atoms with Crippen LogP contribution in [0.5, 0.6) is 5.75 Å². The molecule has 1 aromatic carbocycles. The average Bonchev–Trinajstić information content (AvgIpc) is 2.32. The summed E-state index contributed by atoms with van der Waals surface area (Å²) in [6.45, 7) is 4.94. The van der Waals surface area contributed by atoms with E-state index in [1.807, 2.05) is 6.07 Å². The van der Waals surface area contributed by atoms with Crippen molar-refractivity contribution < 1.29 is 4.74 Å². The first-order chi connectivity index (χ1) is 8.19. The van der Waals surface area contributed by atoms with Gasteiger partial charge in [-0.2, -0.15) is 0 Å². The fraction of sp³-hybridized carbons (Fsp3) is 0.571. The number of likely N-dealkylation sites (tertiary alicyclic amines) is 1. The molecule has 0 unspecified atom stereocenters. The molecule has 1 saturated heterocycles. The molecular weight excluding hydrogens is 212 g/mol. The zero-order chi connectivity index (χ0) is 12.3. The first-order valence-corrected chi connectivity index (χ1v) is 6.34. The quantitative estimate of drug-likeness (QED) is 0.868. The molecule has 2 N–H and O–H groups in total. The average molecular weight is 234 g/mol. The van der Waals surface area contributed by atoms with Gasteiger partial charge in [-0.15, -0.1) is 0 Å². The Bertz CT molecular complexity index is 370. The largest absolute Gasteiger partial charge is 0.490 e. The van der Waals surface area contributed by atoms with E-state index >= 15 is 0 Å². The van der Waals surface area contributed by atoms with Crippen LogP contribution in [0.1, 0.15) is 24.0 Å². The Hall–Kier alpha value is -1.06. The van der Waals surface area contributed by atoms with Crippen LogP contribution < -0.4 is 10.5 Å².